The molecule has 0 N–H and O–H groups in total. The maximum absolute atomic E-state index is 13.4. The van der Waals surface area contributed by atoms with Crippen molar-refractivity contribution in [3.63, 3.8) is 0 Å². The summed E-state index contributed by atoms with van der Waals surface area (Å²) in [6, 6.07) is -0.127. The molecular weight excluding hydrogens is 537 g/mol. The second kappa shape index (κ2) is 8.82. The number of hydrogen-bond acceptors (Lipinski definition) is 4. The summed E-state index contributed by atoms with van der Waals surface area (Å²) in [6.45, 7) is 3.14. The Balaban J connectivity index is 2.39. The van der Waals surface area contributed by atoms with Crippen LogP contribution in [0.4, 0.5) is 10.2 Å². The molecule has 3 unspecified atom stereocenters. The molecule has 11 heteroatoms. The molecule has 1 fully saturated rings. The zero-order chi connectivity index (χ0) is 16.3. The molecule has 0 bridgehead atoms. The summed E-state index contributed by atoms with van der Waals surface area (Å²) in [4.78, 5) is 8.35. The molecule has 0 spiro atoms. The number of halogens is 2. The fourth-order valence-corrected chi connectivity index (χ4v) is 4.73. The van der Waals surface area contributed by atoms with Crippen molar-refractivity contribution in [3.05, 3.63) is 12.0 Å². The molecule has 0 saturated heterocycles. The third-order valence-electron chi connectivity index (χ3n) is 3.73. The Bertz CT molecular complexity index is 565. The van der Waals surface area contributed by atoms with Crippen LogP contribution in [0.1, 0.15) is 18.2 Å². The SMILES string of the molecule is C=Nc1c([C](Cl)=[W])ncn1[C@@H]1C[C@H](CF)[C@@H](OPP)[C@H]1OP. The summed E-state index contributed by atoms with van der Waals surface area (Å²) in [6.07, 6.45) is 1.64. The first kappa shape index (κ1) is 19.2. The summed E-state index contributed by atoms with van der Waals surface area (Å²) in [5.74, 6) is 0.363. The Morgan fingerprint density at radius 1 is 1.68 bits per heavy atom. The number of aliphatic imine (C=N–C) groups is 1. The molecule has 7 atom stereocenters. The van der Waals surface area contributed by atoms with Gasteiger partial charge in [0.15, 0.2) is 0 Å². The van der Waals surface area contributed by atoms with Crippen molar-refractivity contribution in [2.24, 2.45) is 10.9 Å². The van der Waals surface area contributed by atoms with Crippen molar-refractivity contribution in [1.29, 1.82) is 0 Å². The average molecular weight is 553 g/mol. The standard InChI is InChI=1S/C11H16ClFN3O2P3.W/c1-14-11-7(3-12)15-5-16(11)8-2-6(4-13)9(18-21-20)10(8)17-19;/h5-6,8-10,21H,1-2,4,19-20H2;/t6-,8-,9-,10+;/m1./s1. The van der Waals surface area contributed by atoms with Gasteiger partial charge >= 0.3 is 151 Å². The van der Waals surface area contributed by atoms with Crippen LogP contribution in [0.5, 0.6) is 0 Å². The molecule has 1 aromatic rings. The van der Waals surface area contributed by atoms with Gasteiger partial charge in [-0.25, -0.2) is 0 Å². The second-order valence-electron chi connectivity index (χ2n) is 4.77. The Hall–Kier alpha value is 0.868. The van der Waals surface area contributed by atoms with Crippen molar-refractivity contribution in [2.45, 2.75) is 24.7 Å². The van der Waals surface area contributed by atoms with Gasteiger partial charge in [-0.2, -0.15) is 0 Å². The van der Waals surface area contributed by atoms with E-state index in [1.54, 1.807) is 6.33 Å². The van der Waals surface area contributed by atoms with Crippen LogP contribution >= 0.6 is 38.5 Å². The van der Waals surface area contributed by atoms with E-state index in [1.807, 2.05) is 4.57 Å². The molecular formula is C11H16ClFN3O2P3W. The van der Waals surface area contributed by atoms with Crippen LogP contribution in [0.15, 0.2) is 11.3 Å². The first-order valence-corrected chi connectivity index (χ1v) is 11.4. The van der Waals surface area contributed by atoms with Crippen LogP contribution in [0, 0.1) is 5.92 Å². The van der Waals surface area contributed by atoms with E-state index in [0.717, 1.165) is 19.4 Å². The van der Waals surface area contributed by atoms with E-state index in [4.69, 9.17) is 20.6 Å². The summed E-state index contributed by atoms with van der Waals surface area (Å²) >= 11 is 7.18. The normalized spacial score (nSPS) is 28.5. The molecule has 1 saturated carbocycles. The van der Waals surface area contributed by atoms with Crippen molar-refractivity contribution in [1.82, 2.24) is 9.55 Å². The number of rotatable bonds is 7. The van der Waals surface area contributed by atoms with E-state index < -0.39 is 6.67 Å². The van der Waals surface area contributed by atoms with Gasteiger partial charge in [0.1, 0.15) is 0 Å². The Morgan fingerprint density at radius 3 is 2.91 bits per heavy atom. The molecule has 2 rings (SSSR count). The first-order valence-electron chi connectivity index (χ1n) is 6.35. The van der Waals surface area contributed by atoms with E-state index in [0.29, 0.717) is 21.3 Å². The van der Waals surface area contributed by atoms with Crippen LogP contribution in [0.2, 0.25) is 0 Å². The number of aromatic nitrogens is 2. The molecule has 22 heavy (non-hydrogen) atoms. The molecule has 1 aliphatic carbocycles. The fourth-order valence-electron chi connectivity index (χ4n) is 2.79. The van der Waals surface area contributed by atoms with Crippen LogP contribution < -0.4 is 0 Å². The van der Waals surface area contributed by atoms with E-state index in [9.17, 15) is 4.39 Å². The van der Waals surface area contributed by atoms with Crippen LogP contribution in [0.25, 0.3) is 0 Å². The number of hydrogen-bond donors (Lipinski definition) is 0. The molecule has 0 amide bonds. The van der Waals surface area contributed by atoms with Gasteiger partial charge in [-0.05, 0) is 0 Å². The zero-order valence-corrected chi connectivity index (χ0v) is 18.5. The van der Waals surface area contributed by atoms with E-state index in [2.05, 4.69) is 35.1 Å². The number of imidazole rings is 1. The van der Waals surface area contributed by atoms with Crippen LogP contribution in [-0.2, 0) is 28.4 Å². The van der Waals surface area contributed by atoms with Crippen molar-refractivity contribution >= 4 is 54.4 Å². The Labute approximate surface area is 150 Å². The van der Waals surface area contributed by atoms with Crippen LogP contribution in [-0.4, -0.2) is 38.5 Å². The molecule has 1 aliphatic rings. The Kier molecular flexibility index (Phi) is 7.69. The van der Waals surface area contributed by atoms with E-state index in [-0.39, 0.29) is 32.7 Å². The van der Waals surface area contributed by atoms with E-state index >= 15 is 0 Å². The van der Waals surface area contributed by atoms with Crippen LogP contribution in [0.3, 0.4) is 0 Å². The zero-order valence-electron chi connectivity index (χ0n) is 11.5. The summed E-state index contributed by atoms with van der Waals surface area (Å²) in [5.41, 5.74) is 0.614. The van der Waals surface area contributed by atoms with Gasteiger partial charge in [0, 0.05) is 0 Å². The summed E-state index contributed by atoms with van der Waals surface area (Å²) in [5, 5.41) is 0. The predicted molar refractivity (Wildman–Crippen MR) is 92.0 cm³/mol. The van der Waals surface area contributed by atoms with Crippen molar-refractivity contribution < 1.29 is 32.8 Å². The summed E-state index contributed by atoms with van der Waals surface area (Å²) < 4.78 is 27.0. The quantitative estimate of drug-likeness (QED) is 0.386. The van der Waals surface area contributed by atoms with Gasteiger partial charge in [0.2, 0.25) is 0 Å². The minimum atomic E-state index is -0.454. The summed E-state index contributed by atoms with van der Waals surface area (Å²) in [7, 11) is 4.96. The molecule has 0 aromatic carbocycles. The maximum atomic E-state index is 13.4. The van der Waals surface area contributed by atoms with Crippen molar-refractivity contribution in [2.75, 3.05) is 6.67 Å². The minimum absolute atomic E-state index is 0.127. The van der Waals surface area contributed by atoms with Gasteiger partial charge in [0.25, 0.3) is 0 Å². The first-order chi connectivity index (χ1) is 10.6. The van der Waals surface area contributed by atoms with Gasteiger partial charge < -0.3 is 0 Å². The monoisotopic (exact) mass is 553 g/mol. The molecule has 1 heterocycles. The van der Waals surface area contributed by atoms with Gasteiger partial charge in [-0.15, -0.1) is 0 Å². The molecule has 0 aliphatic heterocycles. The molecule has 5 nitrogen and oxygen atoms in total. The third kappa shape index (κ3) is 3.75. The number of alkyl halides is 1. The van der Waals surface area contributed by atoms with Gasteiger partial charge in [-0.1, -0.05) is 0 Å². The molecule has 1 aromatic heterocycles. The Morgan fingerprint density at radius 2 is 2.41 bits per heavy atom. The second-order valence-corrected chi connectivity index (χ2v) is 8.96. The van der Waals surface area contributed by atoms with Crippen molar-refractivity contribution in [3.8, 4) is 0 Å². The molecule has 0 radical (unpaired) electrons. The number of nitrogens with zero attached hydrogens (tertiary/aromatic N) is 3. The van der Waals surface area contributed by atoms with Gasteiger partial charge in [0.05, 0.1) is 0 Å². The third-order valence-corrected chi connectivity index (χ3v) is 5.74. The molecule has 122 valence electrons. The predicted octanol–water partition coefficient (Wildman–Crippen LogP) is 2.95. The van der Waals surface area contributed by atoms with Gasteiger partial charge in [-0.3, -0.25) is 0 Å². The van der Waals surface area contributed by atoms with E-state index in [1.165, 1.54) is 0 Å². The topological polar surface area (TPSA) is 48.6 Å². The average Bonchev–Trinajstić information content (AvgIpc) is 3.07. The fraction of sp³-hybridized carbons (Fsp3) is 0.545.